The summed E-state index contributed by atoms with van der Waals surface area (Å²) in [5.74, 6) is -0.910. The third-order valence-corrected chi connectivity index (χ3v) is 1.00. The van der Waals surface area contributed by atoms with Crippen LogP contribution in [0.25, 0.3) is 0 Å². The average Bonchev–Trinajstić information content (AvgIpc) is 1.87. The standard InChI is InChI=1S/C5H11NO2.CH2O2/c1-3(2)4(6)5(7)8;2-1-3/h3-4H,6H2,1-2H3,(H,7,8);1H,(H,2,3)/t4-;/m0./s1. The van der Waals surface area contributed by atoms with E-state index in [1.807, 2.05) is 0 Å². The van der Waals surface area contributed by atoms with Gasteiger partial charge in [0.05, 0.1) is 0 Å². The van der Waals surface area contributed by atoms with Gasteiger partial charge in [-0.25, -0.2) is 0 Å². The predicted molar refractivity (Wildman–Crippen MR) is 39.1 cm³/mol. The highest BCUT2D eigenvalue weighted by Gasteiger charge is 2.14. The van der Waals surface area contributed by atoms with E-state index in [1.165, 1.54) is 0 Å². The summed E-state index contributed by atoms with van der Waals surface area (Å²) in [4.78, 5) is 18.4. The Hall–Kier alpha value is -1.10. The minimum absolute atomic E-state index is 0.0208. The zero-order valence-electron chi connectivity index (χ0n) is 6.52. The third kappa shape index (κ3) is 8.90. The highest BCUT2D eigenvalue weighted by atomic mass is 16.4. The first-order valence-electron chi connectivity index (χ1n) is 3.03. The molecular formula is C6H13NO4. The van der Waals surface area contributed by atoms with Gasteiger partial charge in [-0.05, 0) is 5.92 Å². The van der Waals surface area contributed by atoms with E-state index >= 15 is 0 Å². The molecule has 0 heterocycles. The highest BCUT2D eigenvalue weighted by Crippen LogP contribution is 1.96. The van der Waals surface area contributed by atoms with Crippen LogP contribution >= 0.6 is 0 Å². The van der Waals surface area contributed by atoms with Crippen LogP contribution in [0.2, 0.25) is 0 Å². The largest absolute Gasteiger partial charge is 0.483 e. The zero-order valence-corrected chi connectivity index (χ0v) is 6.52. The Morgan fingerprint density at radius 3 is 1.82 bits per heavy atom. The van der Waals surface area contributed by atoms with Crippen molar-refractivity contribution in [3.05, 3.63) is 0 Å². The smallest absolute Gasteiger partial charge is 0.320 e. The number of rotatable bonds is 2. The van der Waals surface area contributed by atoms with Crippen molar-refractivity contribution in [2.45, 2.75) is 19.9 Å². The van der Waals surface area contributed by atoms with Crippen LogP contribution in [-0.2, 0) is 9.59 Å². The van der Waals surface area contributed by atoms with Crippen molar-refractivity contribution in [3.63, 3.8) is 0 Å². The maximum absolute atomic E-state index is 10.0. The molecule has 0 saturated carbocycles. The van der Waals surface area contributed by atoms with E-state index in [0.717, 1.165) is 0 Å². The molecule has 0 amide bonds. The Morgan fingerprint density at radius 1 is 1.55 bits per heavy atom. The van der Waals surface area contributed by atoms with Crippen LogP contribution in [0, 0.1) is 5.92 Å². The van der Waals surface area contributed by atoms with Gasteiger partial charge in [0.15, 0.2) is 0 Å². The van der Waals surface area contributed by atoms with Crippen molar-refractivity contribution in [1.29, 1.82) is 0 Å². The van der Waals surface area contributed by atoms with Crippen LogP contribution in [0.15, 0.2) is 0 Å². The van der Waals surface area contributed by atoms with Gasteiger partial charge in [-0.3, -0.25) is 9.59 Å². The minimum Gasteiger partial charge on any atom is -0.483 e. The van der Waals surface area contributed by atoms with Crippen LogP contribution in [0.1, 0.15) is 13.8 Å². The first-order valence-corrected chi connectivity index (χ1v) is 3.03. The van der Waals surface area contributed by atoms with E-state index in [0.29, 0.717) is 0 Å². The number of hydrogen-bond donors (Lipinski definition) is 3. The van der Waals surface area contributed by atoms with Crippen LogP contribution in [0.4, 0.5) is 0 Å². The molecule has 0 unspecified atom stereocenters. The summed E-state index contributed by atoms with van der Waals surface area (Å²) in [5.41, 5.74) is 5.16. The molecule has 0 aliphatic rings. The highest BCUT2D eigenvalue weighted by molar-refractivity contribution is 5.73. The van der Waals surface area contributed by atoms with Crippen molar-refractivity contribution < 1.29 is 19.8 Å². The van der Waals surface area contributed by atoms with Gasteiger partial charge in [-0.1, -0.05) is 13.8 Å². The summed E-state index contributed by atoms with van der Waals surface area (Å²) in [7, 11) is 0. The maximum atomic E-state index is 10.0. The Morgan fingerprint density at radius 2 is 1.82 bits per heavy atom. The number of aliphatic carboxylic acids is 1. The normalized spacial score (nSPS) is 11.3. The molecule has 4 N–H and O–H groups in total. The molecule has 66 valence electrons. The van der Waals surface area contributed by atoms with Crippen LogP contribution in [0.5, 0.6) is 0 Å². The lowest BCUT2D eigenvalue weighted by atomic mass is 10.1. The molecule has 0 aromatic rings. The van der Waals surface area contributed by atoms with E-state index in [-0.39, 0.29) is 12.4 Å². The summed E-state index contributed by atoms with van der Waals surface area (Å²) in [6.45, 7) is 3.30. The van der Waals surface area contributed by atoms with Gasteiger partial charge in [0.2, 0.25) is 0 Å². The first-order chi connectivity index (χ1) is 4.97. The molecule has 0 aromatic heterocycles. The average molecular weight is 163 g/mol. The summed E-state index contributed by atoms with van der Waals surface area (Å²) in [6.07, 6.45) is 0. The second kappa shape index (κ2) is 7.01. The molecule has 5 nitrogen and oxygen atoms in total. The quantitative estimate of drug-likeness (QED) is 0.487. The fourth-order valence-corrected chi connectivity index (χ4v) is 0.285. The SMILES string of the molecule is CC(C)[C@H](N)C(=O)O.O=CO. The molecule has 0 aromatic carbocycles. The molecule has 1 atom stereocenters. The predicted octanol–water partition coefficient (Wildman–Crippen LogP) is -0.245. The fraction of sp³-hybridized carbons (Fsp3) is 0.667. The molecule has 0 radical (unpaired) electrons. The molecule has 0 saturated heterocycles. The van der Waals surface area contributed by atoms with Gasteiger partial charge in [0, 0.05) is 0 Å². The second-order valence-corrected chi connectivity index (χ2v) is 2.21. The first kappa shape index (κ1) is 12.6. The Kier molecular flexibility index (Phi) is 8.01. The van der Waals surface area contributed by atoms with Crippen LogP contribution in [0.3, 0.4) is 0 Å². The lowest BCUT2D eigenvalue weighted by molar-refractivity contribution is -0.139. The van der Waals surface area contributed by atoms with E-state index in [4.69, 9.17) is 20.7 Å². The number of carboxylic acids is 1. The Labute approximate surface area is 64.8 Å². The maximum Gasteiger partial charge on any atom is 0.320 e. The molecule has 0 aliphatic carbocycles. The van der Waals surface area contributed by atoms with Gasteiger partial charge < -0.3 is 15.9 Å². The number of carboxylic acid groups (broad SMARTS) is 2. The minimum atomic E-state index is -0.931. The third-order valence-electron chi connectivity index (χ3n) is 1.00. The molecule has 0 bridgehead atoms. The lowest BCUT2D eigenvalue weighted by Crippen LogP contribution is -2.34. The molecular weight excluding hydrogens is 150 g/mol. The van der Waals surface area contributed by atoms with Crippen LogP contribution < -0.4 is 5.73 Å². The topological polar surface area (TPSA) is 101 Å². The molecule has 0 spiro atoms. The Bertz CT molecular complexity index is 124. The van der Waals surface area contributed by atoms with Gasteiger partial charge in [-0.15, -0.1) is 0 Å². The summed E-state index contributed by atoms with van der Waals surface area (Å²) in [5, 5.41) is 15.1. The number of carbonyl (C=O) groups is 2. The van der Waals surface area contributed by atoms with Gasteiger partial charge in [0.25, 0.3) is 6.47 Å². The van der Waals surface area contributed by atoms with E-state index in [9.17, 15) is 4.79 Å². The molecule has 0 fully saturated rings. The number of hydrogen-bond acceptors (Lipinski definition) is 3. The second-order valence-electron chi connectivity index (χ2n) is 2.21. The fourth-order valence-electron chi connectivity index (χ4n) is 0.285. The summed E-state index contributed by atoms with van der Waals surface area (Å²) >= 11 is 0. The number of nitrogens with two attached hydrogens (primary N) is 1. The van der Waals surface area contributed by atoms with Gasteiger partial charge >= 0.3 is 5.97 Å². The molecule has 0 rings (SSSR count). The molecule has 5 heteroatoms. The van der Waals surface area contributed by atoms with Gasteiger partial charge in [-0.2, -0.15) is 0 Å². The summed E-state index contributed by atoms with van der Waals surface area (Å²) < 4.78 is 0. The van der Waals surface area contributed by atoms with Crippen molar-refractivity contribution in [1.82, 2.24) is 0 Å². The van der Waals surface area contributed by atoms with E-state index in [1.54, 1.807) is 13.8 Å². The van der Waals surface area contributed by atoms with Gasteiger partial charge in [0.1, 0.15) is 6.04 Å². The van der Waals surface area contributed by atoms with Crippen LogP contribution in [-0.4, -0.2) is 28.7 Å². The molecule has 11 heavy (non-hydrogen) atoms. The summed E-state index contributed by atoms with van der Waals surface area (Å²) in [6, 6.07) is -0.713. The Balaban J connectivity index is 0. The van der Waals surface area contributed by atoms with E-state index < -0.39 is 12.0 Å². The van der Waals surface area contributed by atoms with Crippen molar-refractivity contribution in [2.75, 3.05) is 0 Å². The zero-order chi connectivity index (χ0) is 9.44. The monoisotopic (exact) mass is 163 g/mol. The van der Waals surface area contributed by atoms with Crippen molar-refractivity contribution in [3.8, 4) is 0 Å². The lowest BCUT2D eigenvalue weighted by Gasteiger charge is -2.07. The van der Waals surface area contributed by atoms with Crippen molar-refractivity contribution >= 4 is 12.4 Å². The van der Waals surface area contributed by atoms with E-state index in [2.05, 4.69) is 0 Å². The molecule has 0 aliphatic heterocycles. The van der Waals surface area contributed by atoms with Crippen molar-refractivity contribution in [2.24, 2.45) is 11.7 Å².